The largest absolute Gasteiger partial charge is 0.441 e. The van der Waals surface area contributed by atoms with Crippen molar-refractivity contribution in [1.82, 2.24) is 14.9 Å². The van der Waals surface area contributed by atoms with Crippen LogP contribution in [-0.2, 0) is 24.3 Å². The first-order chi connectivity index (χ1) is 15.7. The fourth-order valence-corrected chi connectivity index (χ4v) is 3.65. The van der Waals surface area contributed by atoms with Gasteiger partial charge in [0.05, 0.1) is 6.20 Å². The Balaban J connectivity index is 1.38. The maximum atomic E-state index is 13.1. The Kier molecular flexibility index (Phi) is 7.08. The van der Waals surface area contributed by atoms with Gasteiger partial charge >= 0.3 is 0 Å². The van der Waals surface area contributed by atoms with Gasteiger partial charge in [-0.1, -0.05) is 60.7 Å². The Morgan fingerprint density at radius 1 is 0.938 bits per heavy atom. The minimum Gasteiger partial charge on any atom is -0.441 e. The summed E-state index contributed by atoms with van der Waals surface area (Å²) in [7, 11) is 0. The van der Waals surface area contributed by atoms with Crippen LogP contribution in [0.4, 0.5) is 0 Å². The summed E-state index contributed by atoms with van der Waals surface area (Å²) in [5.41, 5.74) is 4.37. The smallest absolute Gasteiger partial charge is 0.223 e. The Morgan fingerprint density at radius 2 is 1.75 bits per heavy atom. The van der Waals surface area contributed by atoms with Crippen molar-refractivity contribution < 1.29 is 9.21 Å². The van der Waals surface area contributed by atoms with Gasteiger partial charge in [-0.25, -0.2) is 4.98 Å². The molecule has 0 spiro atoms. The second-order valence-electron chi connectivity index (χ2n) is 7.88. The lowest BCUT2D eigenvalue weighted by molar-refractivity contribution is -0.132. The minimum absolute atomic E-state index is 0.118. The number of aromatic nitrogens is 2. The molecule has 0 aliphatic carbocycles. The van der Waals surface area contributed by atoms with E-state index >= 15 is 0 Å². The number of nitrogens with zero attached hydrogens (tertiary/aromatic N) is 3. The molecule has 0 N–H and O–H groups in total. The lowest BCUT2D eigenvalue weighted by Gasteiger charge is -2.24. The van der Waals surface area contributed by atoms with Crippen LogP contribution in [-0.4, -0.2) is 20.8 Å². The summed E-state index contributed by atoms with van der Waals surface area (Å²) in [6.45, 7) is 3.20. The zero-order chi connectivity index (χ0) is 22.2. The van der Waals surface area contributed by atoms with Gasteiger partial charge in [-0.15, -0.1) is 0 Å². The molecular formula is C27H27N3O2. The van der Waals surface area contributed by atoms with E-state index in [1.54, 1.807) is 12.4 Å². The predicted octanol–water partition coefficient (Wildman–Crippen LogP) is 5.60. The molecule has 0 aliphatic heterocycles. The van der Waals surface area contributed by atoms with Crippen molar-refractivity contribution >= 4 is 5.91 Å². The van der Waals surface area contributed by atoms with Gasteiger partial charge in [0.1, 0.15) is 0 Å². The predicted molar refractivity (Wildman–Crippen MR) is 125 cm³/mol. The topological polar surface area (TPSA) is 59.2 Å². The standard InChI is InChI=1S/C27H27N3O2/c1-21-9-5-6-13-24(21)20-30(19-22-10-8-16-28-17-22)27(31)15-7-14-26-29-18-25(32-26)23-11-3-2-4-12-23/h2-6,8-13,16-18H,7,14-15,19-20H2,1H3. The monoisotopic (exact) mass is 425 g/mol. The van der Waals surface area contributed by atoms with E-state index in [9.17, 15) is 4.79 Å². The summed E-state index contributed by atoms with van der Waals surface area (Å²) in [6, 6.07) is 22.0. The van der Waals surface area contributed by atoms with Crippen molar-refractivity contribution in [3.63, 3.8) is 0 Å². The summed E-state index contributed by atoms with van der Waals surface area (Å²) in [5.74, 6) is 1.53. The second kappa shape index (κ2) is 10.5. The van der Waals surface area contributed by atoms with Crippen LogP contribution in [0.1, 0.15) is 35.4 Å². The molecule has 0 radical (unpaired) electrons. The van der Waals surface area contributed by atoms with Crippen LogP contribution < -0.4 is 0 Å². The Labute approximate surface area is 188 Å². The molecule has 4 aromatic rings. The van der Waals surface area contributed by atoms with Crippen LogP contribution in [0.15, 0.2) is 89.7 Å². The summed E-state index contributed by atoms with van der Waals surface area (Å²) >= 11 is 0. The molecule has 2 aromatic carbocycles. The molecule has 0 fully saturated rings. The fourth-order valence-electron chi connectivity index (χ4n) is 3.65. The number of pyridine rings is 1. The summed E-state index contributed by atoms with van der Waals surface area (Å²) in [4.78, 5) is 23.6. The zero-order valence-corrected chi connectivity index (χ0v) is 18.3. The first-order valence-corrected chi connectivity index (χ1v) is 10.9. The average molecular weight is 426 g/mol. The molecule has 162 valence electrons. The van der Waals surface area contributed by atoms with Crippen molar-refractivity contribution in [3.8, 4) is 11.3 Å². The quantitative estimate of drug-likeness (QED) is 0.350. The first kappa shape index (κ1) is 21.5. The molecule has 5 nitrogen and oxygen atoms in total. The number of aryl methyl sites for hydroxylation is 2. The number of hydrogen-bond donors (Lipinski definition) is 0. The number of carbonyl (C=O) groups excluding carboxylic acids is 1. The maximum absolute atomic E-state index is 13.1. The van der Waals surface area contributed by atoms with Gasteiger partial charge in [-0.3, -0.25) is 9.78 Å². The number of amides is 1. The fraction of sp³-hybridized carbons (Fsp3) is 0.222. The van der Waals surface area contributed by atoms with E-state index in [2.05, 4.69) is 29.0 Å². The molecule has 0 bridgehead atoms. The van der Waals surface area contributed by atoms with Gasteiger partial charge in [-0.2, -0.15) is 0 Å². The molecule has 0 aliphatic rings. The maximum Gasteiger partial charge on any atom is 0.223 e. The molecule has 1 amide bonds. The van der Waals surface area contributed by atoms with Crippen molar-refractivity contribution in [1.29, 1.82) is 0 Å². The first-order valence-electron chi connectivity index (χ1n) is 10.9. The number of benzene rings is 2. The van der Waals surface area contributed by atoms with Crippen LogP contribution in [0, 0.1) is 6.92 Å². The number of oxazole rings is 1. The van der Waals surface area contributed by atoms with Crippen LogP contribution in [0.3, 0.4) is 0 Å². The molecule has 0 saturated carbocycles. The highest BCUT2D eigenvalue weighted by atomic mass is 16.4. The van der Waals surface area contributed by atoms with Crippen LogP contribution in [0.2, 0.25) is 0 Å². The van der Waals surface area contributed by atoms with E-state index in [1.165, 1.54) is 5.56 Å². The molecule has 4 rings (SSSR count). The number of carbonyl (C=O) groups is 1. The van der Waals surface area contributed by atoms with Crippen LogP contribution in [0.25, 0.3) is 11.3 Å². The molecule has 0 atom stereocenters. The lowest BCUT2D eigenvalue weighted by atomic mass is 10.1. The summed E-state index contributed by atoms with van der Waals surface area (Å²) < 4.78 is 5.87. The Morgan fingerprint density at radius 3 is 2.53 bits per heavy atom. The Hall–Kier alpha value is -3.73. The highest BCUT2D eigenvalue weighted by Crippen LogP contribution is 2.21. The van der Waals surface area contributed by atoms with Gasteiger partial charge in [0.25, 0.3) is 0 Å². The molecule has 2 heterocycles. The molecule has 32 heavy (non-hydrogen) atoms. The zero-order valence-electron chi connectivity index (χ0n) is 18.3. The summed E-state index contributed by atoms with van der Waals surface area (Å²) in [5, 5.41) is 0. The number of rotatable bonds is 9. The lowest BCUT2D eigenvalue weighted by Crippen LogP contribution is -2.30. The normalized spacial score (nSPS) is 10.8. The molecular weight excluding hydrogens is 398 g/mol. The van der Waals surface area contributed by atoms with Crippen molar-refractivity contribution in [2.45, 2.75) is 39.3 Å². The van der Waals surface area contributed by atoms with E-state index in [0.717, 1.165) is 22.5 Å². The van der Waals surface area contributed by atoms with Gasteiger partial charge in [0.2, 0.25) is 5.91 Å². The average Bonchev–Trinajstić information content (AvgIpc) is 3.30. The minimum atomic E-state index is 0.118. The van der Waals surface area contributed by atoms with Gasteiger partial charge in [0, 0.05) is 43.9 Å². The molecule has 0 unspecified atom stereocenters. The highest BCUT2D eigenvalue weighted by Gasteiger charge is 2.16. The van der Waals surface area contributed by atoms with E-state index in [1.807, 2.05) is 65.7 Å². The van der Waals surface area contributed by atoms with E-state index in [-0.39, 0.29) is 5.91 Å². The SMILES string of the molecule is Cc1ccccc1CN(Cc1cccnc1)C(=O)CCCc1ncc(-c2ccccc2)o1. The van der Waals surface area contributed by atoms with Gasteiger partial charge in [0.15, 0.2) is 11.7 Å². The van der Waals surface area contributed by atoms with Gasteiger partial charge < -0.3 is 9.32 Å². The van der Waals surface area contributed by atoms with E-state index in [0.29, 0.717) is 38.2 Å². The molecule has 0 saturated heterocycles. The third-order valence-corrected chi connectivity index (χ3v) is 5.46. The van der Waals surface area contributed by atoms with E-state index in [4.69, 9.17) is 4.42 Å². The summed E-state index contributed by atoms with van der Waals surface area (Å²) in [6.07, 6.45) is 7.07. The Bertz CT molecular complexity index is 1140. The third-order valence-electron chi connectivity index (χ3n) is 5.46. The van der Waals surface area contributed by atoms with Gasteiger partial charge in [-0.05, 0) is 36.1 Å². The van der Waals surface area contributed by atoms with E-state index < -0.39 is 0 Å². The van der Waals surface area contributed by atoms with Crippen LogP contribution in [0.5, 0.6) is 0 Å². The molecule has 2 aromatic heterocycles. The highest BCUT2D eigenvalue weighted by molar-refractivity contribution is 5.76. The third kappa shape index (κ3) is 5.70. The van der Waals surface area contributed by atoms with Crippen molar-refractivity contribution in [2.75, 3.05) is 0 Å². The number of hydrogen-bond acceptors (Lipinski definition) is 4. The van der Waals surface area contributed by atoms with Crippen molar-refractivity contribution in [2.24, 2.45) is 0 Å². The molecule has 5 heteroatoms. The van der Waals surface area contributed by atoms with Crippen LogP contribution >= 0.6 is 0 Å². The second-order valence-corrected chi connectivity index (χ2v) is 7.88. The van der Waals surface area contributed by atoms with Crippen molar-refractivity contribution in [3.05, 3.63) is 108 Å².